The lowest BCUT2D eigenvalue weighted by molar-refractivity contribution is 0.403. The lowest BCUT2D eigenvalue weighted by Gasteiger charge is -2.01. The van der Waals surface area contributed by atoms with Gasteiger partial charge in [-0.2, -0.15) is 8.42 Å². The molecule has 13 heavy (non-hydrogen) atoms. The fourth-order valence-corrected chi connectivity index (χ4v) is 1.75. The summed E-state index contributed by atoms with van der Waals surface area (Å²) in [5.41, 5.74) is 1.03. The van der Waals surface area contributed by atoms with E-state index in [4.69, 9.17) is 0 Å². The molecule has 0 N–H and O–H groups in total. The van der Waals surface area contributed by atoms with Crippen molar-refractivity contribution in [2.24, 2.45) is 0 Å². The molecule has 0 radical (unpaired) electrons. The van der Waals surface area contributed by atoms with Crippen LogP contribution in [0, 0.1) is 0 Å². The van der Waals surface area contributed by atoms with Crippen molar-refractivity contribution in [2.45, 2.75) is 13.3 Å². The molecular weight excluding hydrogens is 188 g/mol. The van der Waals surface area contributed by atoms with Crippen LogP contribution in [-0.2, 0) is 14.3 Å². The molecule has 0 atom stereocenters. The van der Waals surface area contributed by atoms with Gasteiger partial charge in [0.25, 0.3) is 10.1 Å². The maximum Gasteiger partial charge on any atom is 0.293 e. The van der Waals surface area contributed by atoms with Gasteiger partial charge >= 0.3 is 0 Å². The first-order valence-corrected chi connectivity index (χ1v) is 5.32. The van der Waals surface area contributed by atoms with E-state index in [0.29, 0.717) is 11.3 Å². The van der Waals surface area contributed by atoms with Crippen molar-refractivity contribution >= 4 is 10.1 Å². The predicted octanol–water partition coefficient (Wildman–Crippen LogP) is 1.75. The molecule has 0 aromatic carbocycles. The zero-order valence-corrected chi connectivity index (χ0v) is 8.47. The summed E-state index contributed by atoms with van der Waals surface area (Å²) in [6, 6.07) is 0. The van der Waals surface area contributed by atoms with Gasteiger partial charge in [-0.3, -0.25) is 4.18 Å². The molecule has 4 heteroatoms. The van der Waals surface area contributed by atoms with Crippen LogP contribution in [0.3, 0.4) is 0 Å². The Morgan fingerprint density at radius 1 is 1.38 bits per heavy atom. The van der Waals surface area contributed by atoms with Crippen molar-refractivity contribution < 1.29 is 12.6 Å². The maximum atomic E-state index is 11.3. The number of hydrogen-bond donors (Lipinski definition) is 0. The molecule has 0 saturated heterocycles. The molecule has 0 saturated carbocycles. The Bertz CT molecular complexity index is 372. The standard InChI is InChI=1S/C9H12O3S/c1-8-4-3-5-9(7-6-8)13(10,11)12-2/h3-4,6-7H,5H2,1-2H3. The highest BCUT2D eigenvalue weighted by Gasteiger charge is 2.15. The smallest absolute Gasteiger partial charge is 0.270 e. The largest absolute Gasteiger partial charge is 0.293 e. The number of rotatable bonds is 2. The fourth-order valence-electron chi connectivity index (χ4n) is 1.00. The molecule has 0 fully saturated rings. The van der Waals surface area contributed by atoms with E-state index in [1.54, 1.807) is 18.2 Å². The van der Waals surface area contributed by atoms with Crippen LogP contribution in [0.4, 0.5) is 0 Å². The number of hydrogen-bond acceptors (Lipinski definition) is 3. The summed E-state index contributed by atoms with van der Waals surface area (Å²) in [5.74, 6) is 0. The quantitative estimate of drug-likeness (QED) is 0.638. The van der Waals surface area contributed by atoms with E-state index >= 15 is 0 Å². The average molecular weight is 200 g/mol. The third kappa shape index (κ3) is 2.54. The topological polar surface area (TPSA) is 43.4 Å². The molecule has 0 spiro atoms. The summed E-state index contributed by atoms with van der Waals surface area (Å²) >= 11 is 0. The molecule has 0 heterocycles. The molecular formula is C9H12O3S. The summed E-state index contributed by atoms with van der Waals surface area (Å²) in [5, 5.41) is 0. The minimum atomic E-state index is -3.50. The second-order valence-corrected chi connectivity index (χ2v) is 4.54. The molecule has 0 bridgehead atoms. The van der Waals surface area contributed by atoms with Gasteiger partial charge in [0.1, 0.15) is 0 Å². The molecule has 1 rings (SSSR count). The number of allylic oxidation sites excluding steroid dienone is 6. The van der Waals surface area contributed by atoms with Gasteiger partial charge in [0.15, 0.2) is 0 Å². The highest BCUT2D eigenvalue weighted by atomic mass is 32.2. The monoisotopic (exact) mass is 200 g/mol. The zero-order chi connectivity index (χ0) is 9.90. The van der Waals surface area contributed by atoms with Crippen LogP contribution in [0.1, 0.15) is 13.3 Å². The summed E-state index contributed by atoms with van der Waals surface area (Å²) in [4.78, 5) is 0.295. The van der Waals surface area contributed by atoms with Gasteiger partial charge in [-0.05, 0) is 13.0 Å². The van der Waals surface area contributed by atoms with Gasteiger partial charge in [-0.15, -0.1) is 0 Å². The lowest BCUT2D eigenvalue weighted by atomic mass is 10.3. The van der Waals surface area contributed by atoms with Crippen LogP contribution in [0.5, 0.6) is 0 Å². The second kappa shape index (κ2) is 3.89. The molecule has 0 aromatic rings. The normalized spacial score (nSPS) is 17.7. The van der Waals surface area contributed by atoms with Crippen molar-refractivity contribution in [3.05, 3.63) is 34.8 Å². The Morgan fingerprint density at radius 3 is 2.69 bits per heavy atom. The third-order valence-electron chi connectivity index (χ3n) is 1.77. The van der Waals surface area contributed by atoms with Crippen molar-refractivity contribution in [3.8, 4) is 0 Å². The Kier molecular flexibility index (Phi) is 3.06. The maximum absolute atomic E-state index is 11.3. The molecule has 0 amide bonds. The van der Waals surface area contributed by atoms with Gasteiger partial charge in [-0.1, -0.05) is 23.8 Å². The van der Waals surface area contributed by atoms with Crippen molar-refractivity contribution in [1.29, 1.82) is 0 Å². The van der Waals surface area contributed by atoms with Crippen molar-refractivity contribution in [3.63, 3.8) is 0 Å². The van der Waals surface area contributed by atoms with Crippen LogP contribution in [0.25, 0.3) is 0 Å². The van der Waals surface area contributed by atoms with Crippen LogP contribution < -0.4 is 0 Å². The van der Waals surface area contributed by atoms with Gasteiger partial charge < -0.3 is 0 Å². The van der Waals surface area contributed by atoms with Crippen LogP contribution >= 0.6 is 0 Å². The van der Waals surface area contributed by atoms with Gasteiger partial charge in [-0.25, -0.2) is 0 Å². The Labute approximate surface area is 78.5 Å². The van der Waals surface area contributed by atoms with Crippen LogP contribution in [-0.4, -0.2) is 15.5 Å². The van der Waals surface area contributed by atoms with Gasteiger partial charge in [0.05, 0.1) is 12.0 Å². The van der Waals surface area contributed by atoms with Gasteiger partial charge in [0.2, 0.25) is 0 Å². The second-order valence-electron chi connectivity index (χ2n) is 2.77. The first kappa shape index (κ1) is 10.2. The van der Waals surface area contributed by atoms with E-state index in [0.717, 1.165) is 5.57 Å². The fraction of sp³-hybridized carbons (Fsp3) is 0.333. The van der Waals surface area contributed by atoms with Gasteiger partial charge in [0, 0.05) is 6.42 Å². The highest BCUT2D eigenvalue weighted by Crippen LogP contribution is 2.17. The zero-order valence-electron chi connectivity index (χ0n) is 7.65. The molecule has 0 aliphatic heterocycles. The van der Waals surface area contributed by atoms with Crippen molar-refractivity contribution in [2.75, 3.05) is 7.11 Å². The van der Waals surface area contributed by atoms with Crippen molar-refractivity contribution in [1.82, 2.24) is 0 Å². The summed E-state index contributed by atoms with van der Waals surface area (Å²) < 4.78 is 26.9. The summed E-state index contributed by atoms with van der Waals surface area (Å²) in [6.45, 7) is 1.91. The van der Waals surface area contributed by atoms with Crippen LogP contribution in [0.15, 0.2) is 34.8 Å². The van der Waals surface area contributed by atoms with E-state index in [9.17, 15) is 8.42 Å². The molecule has 0 unspecified atom stereocenters. The van der Waals surface area contributed by atoms with E-state index in [1.165, 1.54) is 7.11 Å². The minimum absolute atomic E-state index is 0.295. The first-order valence-electron chi connectivity index (χ1n) is 3.91. The molecule has 1 aliphatic carbocycles. The summed E-state index contributed by atoms with van der Waals surface area (Å²) in [6.07, 6.45) is 7.42. The Hall–Kier alpha value is -0.870. The van der Waals surface area contributed by atoms with E-state index in [1.807, 2.05) is 13.0 Å². The highest BCUT2D eigenvalue weighted by molar-refractivity contribution is 7.90. The SMILES string of the molecule is COS(=O)(=O)C1=CC=C(C)C=CC1. The third-order valence-corrected chi connectivity index (χ3v) is 3.16. The minimum Gasteiger partial charge on any atom is -0.270 e. The van der Waals surface area contributed by atoms with E-state index in [2.05, 4.69) is 4.18 Å². The first-order chi connectivity index (χ1) is 6.06. The Balaban J connectivity index is 3.03. The predicted molar refractivity (Wildman–Crippen MR) is 51.5 cm³/mol. The Morgan fingerprint density at radius 2 is 2.08 bits per heavy atom. The average Bonchev–Trinajstić information content (AvgIpc) is 2.30. The van der Waals surface area contributed by atoms with E-state index < -0.39 is 10.1 Å². The molecule has 1 aliphatic rings. The summed E-state index contributed by atoms with van der Waals surface area (Å²) in [7, 11) is -2.33. The lowest BCUT2D eigenvalue weighted by Crippen LogP contribution is -2.04. The molecule has 72 valence electrons. The molecule has 0 aromatic heterocycles. The van der Waals surface area contributed by atoms with E-state index in [-0.39, 0.29) is 0 Å². The molecule has 3 nitrogen and oxygen atoms in total. The van der Waals surface area contributed by atoms with Crippen LogP contribution in [0.2, 0.25) is 0 Å².